The molecule has 1 aliphatic carbocycles. The number of hydrogen-bond acceptors (Lipinski definition) is 6. The highest BCUT2D eigenvalue weighted by atomic mass is 19.1. The largest absolute Gasteiger partial charge is 0.348 e. The molecule has 246 valence electrons. The van der Waals surface area contributed by atoms with Gasteiger partial charge >= 0.3 is 0 Å². The summed E-state index contributed by atoms with van der Waals surface area (Å²) in [4.78, 5) is 57.6. The van der Waals surface area contributed by atoms with Gasteiger partial charge in [0.2, 0.25) is 17.7 Å². The number of nitrogens with zero attached hydrogens (tertiary/aromatic N) is 2. The van der Waals surface area contributed by atoms with Crippen LogP contribution in [0.3, 0.4) is 0 Å². The van der Waals surface area contributed by atoms with E-state index in [2.05, 4.69) is 32.3 Å². The number of benzene rings is 2. The van der Waals surface area contributed by atoms with Gasteiger partial charge in [-0.25, -0.2) is 13.8 Å². The third kappa shape index (κ3) is 7.82. The number of nitrogens with one attached hydrogen (secondary N) is 4. The fourth-order valence-corrected chi connectivity index (χ4v) is 6.11. The molecule has 0 radical (unpaired) electrons. The summed E-state index contributed by atoms with van der Waals surface area (Å²) >= 11 is 0. The smallest absolute Gasteiger partial charge is 0.270 e. The molecule has 2 saturated heterocycles. The number of likely N-dealkylation sites (tertiary alicyclic amines) is 1. The SMILES string of the molecule is C[C@H](NC(=O)[C@@H]1C[C@@H](F)CN1C(=O)CNC(=O)c1ccc2cc(F)ccc2n1)c1cc(NC(=O)[C@H]2CCCN2)ccc1/C=C/C1CC1. The van der Waals surface area contributed by atoms with Crippen molar-refractivity contribution in [1.82, 2.24) is 25.8 Å². The number of carbonyl (C=O) groups excluding carboxylic acids is 4. The molecule has 3 aliphatic rings. The zero-order chi connectivity index (χ0) is 33.1. The van der Waals surface area contributed by atoms with Crippen LogP contribution in [0.15, 0.2) is 54.6 Å². The molecule has 12 heteroatoms. The molecule has 4 atom stereocenters. The normalized spacial score (nSPS) is 21.6. The lowest BCUT2D eigenvalue weighted by molar-refractivity contribution is -0.138. The fourth-order valence-electron chi connectivity index (χ4n) is 6.11. The van der Waals surface area contributed by atoms with Crippen molar-refractivity contribution in [3.05, 3.63) is 77.2 Å². The van der Waals surface area contributed by atoms with Gasteiger partial charge in [-0.1, -0.05) is 24.3 Å². The van der Waals surface area contributed by atoms with Gasteiger partial charge < -0.3 is 26.2 Å². The van der Waals surface area contributed by atoms with Crippen molar-refractivity contribution >= 4 is 46.3 Å². The summed E-state index contributed by atoms with van der Waals surface area (Å²) in [6, 6.07) is 10.7. The number of fused-ring (bicyclic) bond motifs is 1. The van der Waals surface area contributed by atoms with E-state index in [9.17, 15) is 28.0 Å². The molecule has 3 heterocycles. The highest BCUT2D eigenvalue weighted by molar-refractivity contribution is 5.98. The first-order valence-corrected chi connectivity index (χ1v) is 16.1. The Hall–Kier alpha value is -4.71. The van der Waals surface area contributed by atoms with Gasteiger partial charge in [-0.05, 0) is 92.6 Å². The summed E-state index contributed by atoms with van der Waals surface area (Å²) in [6.07, 6.45) is 6.58. The van der Waals surface area contributed by atoms with Crippen LogP contribution in [0.4, 0.5) is 14.5 Å². The summed E-state index contributed by atoms with van der Waals surface area (Å²) < 4.78 is 28.1. The number of rotatable bonds is 10. The van der Waals surface area contributed by atoms with Gasteiger partial charge in [0.05, 0.1) is 30.7 Å². The summed E-state index contributed by atoms with van der Waals surface area (Å²) in [5.41, 5.74) is 2.72. The van der Waals surface area contributed by atoms with Crippen molar-refractivity contribution in [3.8, 4) is 0 Å². The predicted octanol–water partition coefficient (Wildman–Crippen LogP) is 4.03. The molecule has 10 nitrogen and oxygen atoms in total. The molecule has 2 aliphatic heterocycles. The molecule has 0 bridgehead atoms. The Morgan fingerprint density at radius 1 is 1.06 bits per heavy atom. The quantitative estimate of drug-likeness (QED) is 0.264. The molecule has 1 saturated carbocycles. The van der Waals surface area contributed by atoms with E-state index in [1.165, 1.54) is 24.3 Å². The Bertz CT molecular complexity index is 1720. The monoisotopic (exact) mass is 644 g/mol. The molecule has 1 aromatic heterocycles. The van der Waals surface area contributed by atoms with Crippen molar-refractivity contribution in [1.29, 1.82) is 0 Å². The standard InChI is InChI=1S/C35H38F2N6O4/c1-20(27-17-26(41-34(46)29-3-2-14-38-29)11-8-22(27)7-6-21-4-5-21)40-35(47)31-16-25(37)19-43(31)32(44)18-39-33(45)30-12-9-23-15-24(36)10-13-28(23)42-30/h6-13,15,17,20-21,25,29,31,38H,2-5,14,16,18-19H2,1H3,(H,39,45)(H,40,47)(H,41,46)/b7-6+/t20-,25+,29+,31-/m0/s1. The molecule has 3 fully saturated rings. The second-order valence-electron chi connectivity index (χ2n) is 12.5. The van der Waals surface area contributed by atoms with Gasteiger partial charge in [-0.2, -0.15) is 0 Å². The van der Waals surface area contributed by atoms with Crippen molar-refractivity contribution in [3.63, 3.8) is 0 Å². The van der Waals surface area contributed by atoms with Crippen molar-refractivity contribution in [2.24, 2.45) is 5.92 Å². The van der Waals surface area contributed by atoms with Crippen LogP contribution in [-0.2, 0) is 14.4 Å². The molecule has 2 aromatic carbocycles. The number of pyridine rings is 1. The maximum Gasteiger partial charge on any atom is 0.270 e. The summed E-state index contributed by atoms with van der Waals surface area (Å²) in [5.74, 6) is -1.75. The third-order valence-electron chi connectivity index (χ3n) is 8.88. The third-order valence-corrected chi connectivity index (χ3v) is 8.88. The van der Waals surface area contributed by atoms with E-state index >= 15 is 0 Å². The maximum atomic E-state index is 14.6. The minimum atomic E-state index is -1.40. The zero-order valence-electron chi connectivity index (χ0n) is 26.1. The lowest BCUT2D eigenvalue weighted by atomic mass is 9.99. The minimum absolute atomic E-state index is 0.0364. The highest BCUT2D eigenvalue weighted by Crippen LogP contribution is 2.32. The Morgan fingerprint density at radius 2 is 1.89 bits per heavy atom. The van der Waals surface area contributed by atoms with Crippen molar-refractivity contribution < 1.29 is 28.0 Å². The van der Waals surface area contributed by atoms with Crippen molar-refractivity contribution in [2.45, 2.75) is 63.3 Å². The number of hydrogen-bond donors (Lipinski definition) is 4. The second kappa shape index (κ2) is 14.0. The lowest BCUT2D eigenvalue weighted by Crippen LogP contribution is -2.49. The Labute approximate surface area is 271 Å². The number of alkyl halides is 1. The first-order valence-electron chi connectivity index (χ1n) is 16.1. The lowest BCUT2D eigenvalue weighted by Gasteiger charge is -2.26. The van der Waals surface area contributed by atoms with Gasteiger partial charge in [0.1, 0.15) is 23.7 Å². The number of anilines is 1. The number of allylic oxidation sites excluding steroid dienone is 1. The topological polar surface area (TPSA) is 133 Å². The van der Waals surface area contributed by atoms with E-state index in [4.69, 9.17) is 0 Å². The van der Waals surface area contributed by atoms with Gasteiger partial charge in [-0.15, -0.1) is 0 Å². The van der Waals surface area contributed by atoms with Crippen LogP contribution in [0.2, 0.25) is 0 Å². The number of halogens is 2. The van der Waals surface area contributed by atoms with Gasteiger partial charge in [-0.3, -0.25) is 19.2 Å². The zero-order valence-corrected chi connectivity index (χ0v) is 26.1. The van der Waals surface area contributed by atoms with Gasteiger partial charge in [0.15, 0.2) is 0 Å². The van der Waals surface area contributed by atoms with E-state index in [0.29, 0.717) is 22.5 Å². The van der Waals surface area contributed by atoms with Crippen LogP contribution in [0.25, 0.3) is 17.0 Å². The Morgan fingerprint density at radius 3 is 2.66 bits per heavy atom. The van der Waals surface area contributed by atoms with Crippen LogP contribution < -0.4 is 21.3 Å². The maximum absolute atomic E-state index is 14.6. The van der Waals surface area contributed by atoms with Gasteiger partial charge in [0, 0.05) is 17.5 Å². The van der Waals surface area contributed by atoms with Gasteiger partial charge in [0.25, 0.3) is 5.91 Å². The highest BCUT2D eigenvalue weighted by Gasteiger charge is 2.40. The molecular formula is C35H38F2N6O4. The molecular weight excluding hydrogens is 606 g/mol. The number of amides is 4. The first kappa shape index (κ1) is 32.2. The molecule has 3 aromatic rings. The fraction of sp³-hybridized carbons (Fsp3) is 0.400. The van der Waals surface area contributed by atoms with E-state index in [1.54, 1.807) is 6.07 Å². The average Bonchev–Trinajstić information content (AvgIpc) is 3.54. The van der Waals surface area contributed by atoms with Crippen LogP contribution in [0, 0.1) is 11.7 Å². The molecule has 6 rings (SSSR count). The summed E-state index contributed by atoms with van der Waals surface area (Å²) in [5, 5.41) is 12.1. The van der Waals surface area contributed by atoms with E-state index in [-0.39, 0.29) is 30.6 Å². The molecule has 4 amide bonds. The van der Waals surface area contributed by atoms with Crippen LogP contribution in [0.5, 0.6) is 0 Å². The molecule has 47 heavy (non-hydrogen) atoms. The summed E-state index contributed by atoms with van der Waals surface area (Å²) in [6.45, 7) is 1.88. The van der Waals surface area contributed by atoms with Crippen LogP contribution in [0.1, 0.15) is 66.7 Å². The Kier molecular flexibility index (Phi) is 9.58. The van der Waals surface area contributed by atoms with E-state index in [0.717, 1.165) is 48.3 Å². The first-order chi connectivity index (χ1) is 22.6. The predicted molar refractivity (Wildman–Crippen MR) is 173 cm³/mol. The van der Waals surface area contributed by atoms with Crippen molar-refractivity contribution in [2.75, 3.05) is 25.0 Å². The molecule has 0 spiro atoms. The molecule has 4 N–H and O–H groups in total. The molecule has 0 unspecified atom stereocenters. The minimum Gasteiger partial charge on any atom is -0.348 e. The summed E-state index contributed by atoms with van der Waals surface area (Å²) in [7, 11) is 0. The van der Waals surface area contributed by atoms with Crippen LogP contribution >= 0.6 is 0 Å². The van der Waals surface area contributed by atoms with Crippen LogP contribution in [-0.4, -0.2) is 71.4 Å². The second-order valence-corrected chi connectivity index (χ2v) is 12.5. The average molecular weight is 645 g/mol. The Balaban J connectivity index is 1.11. The van der Waals surface area contributed by atoms with E-state index < -0.39 is 48.3 Å². The number of carbonyl (C=O) groups is 4. The van der Waals surface area contributed by atoms with E-state index in [1.807, 2.05) is 31.2 Å². The number of aromatic nitrogens is 1.